The minimum absolute atomic E-state index is 0.211. The summed E-state index contributed by atoms with van der Waals surface area (Å²) in [6.07, 6.45) is 2.28. The van der Waals surface area contributed by atoms with E-state index in [2.05, 4.69) is 10.0 Å². The number of carbonyl (C=O) groups excluding carboxylic acids is 1. The van der Waals surface area contributed by atoms with Crippen LogP contribution >= 0.6 is 0 Å². The van der Waals surface area contributed by atoms with Gasteiger partial charge in [0.05, 0.1) is 27.6 Å². The molecule has 0 aliphatic heterocycles. The third-order valence-corrected chi connectivity index (χ3v) is 9.78. The van der Waals surface area contributed by atoms with E-state index in [9.17, 15) is 26.8 Å². The number of hydrogen-bond donors (Lipinski definition) is 3. The molecular weight excluding hydrogens is 559 g/mol. The Kier molecular flexibility index (Phi) is 8.94. The summed E-state index contributed by atoms with van der Waals surface area (Å²) in [6.45, 7) is 6.82. The van der Waals surface area contributed by atoms with E-state index in [1.54, 1.807) is 32.3 Å². The number of nitrogens with one attached hydrogen (secondary N) is 2. The second-order valence-electron chi connectivity index (χ2n) is 12.3. The van der Waals surface area contributed by atoms with Crippen LogP contribution in [-0.2, 0) is 21.4 Å². The molecule has 1 aromatic heterocycles. The number of carboxylic acids is 1. The number of amides is 1. The van der Waals surface area contributed by atoms with Gasteiger partial charge in [0, 0.05) is 29.4 Å². The van der Waals surface area contributed by atoms with E-state index >= 15 is 4.39 Å². The Labute approximate surface area is 238 Å². The Bertz CT molecular complexity index is 1420. The normalized spacial score (nSPS) is 20.2. The zero-order chi connectivity index (χ0) is 30.3. The fourth-order valence-corrected chi connectivity index (χ4v) is 7.46. The molecule has 0 unspecified atom stereocenters. The molecule has 2 fully saturated rings. The maximum atomic E-state index is 16.0. The van der Waals surface area contributed by atoms with Crippen LogP contribution in [-0.4, -0.2) is 41.5 Å². The molecular formula is C29H38F3N3O5S. The van der Waals surface area contributed by atoms with Gasteiger partial charge in [0.1, 0.15) is 5.82 Å². The fourth-order valence-electron chi connectivity index (χ4n) is 5.83. The van der Waals surface area contributed by atoms with Crippen LogP contribution in [0.2, 0.25) is 0 Å². The molecule has 0 radical (unpaired) electrons. The molecule has 2 aliphatic rings. The van der Waals surface area contributed by atoms with Gasteiger partial charge in [-0.1, -0.05) is 19.3 Å². The zero-order valence-corrected chi connectivity index (χ0v) is 24.6. The van der Waals surface area contributed by atoms with E-state index in [0.29, 0.717) is 25.1 Å². The van der Waals surface area contributed by atoms with Crippen molar-refractivity contribution in [2.24, 2.45) is 11.8 Å². The van der Waals surface area contributed by atoms with Gasteiger partial charge in [-0.3, -0.25) is 9.59 Å². The van der Waals surface area contributed by atoms with Gasteiger partial charge in [0.2, 0.25) is 10.0 Å². The molecule has 1 aromatic carbocycles. The number of hydrogen-bond acceptors (Lipinski definition) is 4. The fraction of sp³-hybridized carbons (Fsp3) is 0.586. The lowest BCUT2D eigenvalue weighted by molar-refractivity contribution is -0.145. The lowest BCUT2D eigenvalue weighted by Gasteiger charge is -2.32. The first-order valence-corrected chi connectivity index (χ1v) is 15.5. The van der Waals surface area contributed by atoms with Gasteiger partial charge in [0.15, 0.2) is 0 Å². The number of carboxylic acid groups (broad SMARTS) is 1. The Hall–Kier alpha value is -2.86. The van der Waals surface area contributed by atoms with E-state index in [4.69, 9.17) is 5.11 Å². The third kappa shape index (κ3) is 6.80. The number of nitrogens with zero attached hydrogens (tertiary/aromatic N) is 1. The van der Waals surface area contributed by atoms with Crippen molar-refractivity contribution >= 4 is 21.9 Å². The van der Waals surface area contributed by atoms with E-state index in [-0.39, 0.29) is 28.8 Å². The summed E-state index contributed by atoms with van der Waals surface area (Å²) in [5, 5.41) is 12.0. The summed E-state index contributed by atoms with van der Waals surface area (Å²) < 4.78 is 74.5. The topological polar surface area (TPSA) is 118 Å². The molecule has 4 rings (SSSR count). The van der Waals surface area contributed by atoms with Gasteiger partial charge >= 0.3 is 5.97 Å². The molecule has 1 heterocycles. The van der Waals surface area contributed by atoms with Crippen LogP contribution in [0.4, 0.5) is 13.2 Å². The average molecular weight is 598 g/mol. The van der Waals surface area contributed by atoms with Crippen LogP contribution in [0.1, 0.15) is 93.8 Å². The first-order chi connectivity index (χ1) is 19.1. The number of benzene rings is 1. The molecule has 2 aliphatic carbocycles. The molecule has 0 atom stereocenters. The van der Waals surface area contributed by atoms with Crippen LogP contribution in [0, 0.1) is 24.6 Å². The molecule has 2 saturated carbocycles. The smallest absolute Gasteiger partial charge is 0.306 e. The highest BCUT2D eigenvalue weighted by Gasteiger charge is 2.37. The van der Waals surface area contributed by atoms with Crippen molar-refractivity contribution in [1.29, 1.82) is 0 Å². The monoisotopic (exact) mass is 597 g/mol. The highest BCUT2D eigenvalue weighted by atomic mass is 32.2. The van der Waals surface area contributed by atoms with Crippen molar-refractivity contribution < 1.29 is 36.3 Å². The molecule has 0 spiro atoms. The van der Waals surface area contributed by atoms with E-state index in [0.717, 1.165) is 38.2 Å². The SMILES string of the molecule is Cc1c(C(=O)NC2CC(C(=O)O)C2)cc(-c2ccc(S(=O)(=O)NC(C)(C)C)c(C(F)F)c2F)n1CC1CCCCC1. The first-order valence-electron chi connectivity index (χ1n) is 14.0. The number of aromatic nitrogens is 1. The lowest BCUT2D eigenvalue weighted by atomic mass is 9.80. The summed E-state index contributed by atoms with van der Waals surface area (Å²) in [5.41, 5.74) is -1.45. The minimum atomic E-state index is -4.47. The predicted molar refractivity (Wildman–Crippen MR) is 148 cm³/mol. The molecule has 1 amide bonds. The maximum absolute atomic E-state index is 16.0. The van der Waals surface area contributed by atoms with Crippen LogP contribution in [0.3, 0.4) is 0 Å². The molecule has 3 N–H and O–H groups in total. The number of sulfonamides is 1. The second-order valence-corrected chi connectivity index (χ2v) is 14.0. The molecule has 41 heavy (non-hydrogen) atoms. The summed E-state index contributed by atoms with van der Waals surface area (Å²) in [6, 6.07) is 3.31. The number of carbonyl (C=O) groups is 2. The molecule has 0 saturated heterocycles. The summed E-state index contributed by atoms with van der Waals surface area (Å²) in [5.74, 6) is -2.99. The summed E-state index contributed by atoms with van der Waals surface area (Å²) in [4.78, 5) is 23.6. The zero-order valence-electron chi connectivity index (χ0n) is 23.8. The summed E-state index contributed by atoms with van der Waals surface area (Å²) >= 11 is 0. The summed E-state index contributed by atoms with van der Waals surface area (Å²) in [7, 11) is -4.47. The van der Waals surface area contributed by atoms with Crippen molar-refractivity contribution in [3.63, 3.8) is 0 Å². The average Bonchev–Trinajstić information content (AvgIpc) is 3.15. The van der Waals surface area contributed by atoms with Crippen LogP contribution in [0.25, 0.3) is 11.3 Å². The Balaban J connectivity index is 1.77. The highest BCUT2D eigenvalue weighted by Crippen LogP contribution is 2.38. The van der Waals surface area contributed by atoms with E-state index in [1.807, 2.05) is 0 Å². The number of alkyl halides is 2. The second kappa shape index (κ2) is 11.8. The van der Waals surface area contributed by atoms with Gasteiger partial charge in [-0.25, -0.2) is 26.3 Å². The van der Waals surface area contributed by atoms with Crippen molar-refractivity contribution in [1.82, 2.24) is 14.6 Å². The van der Waals surface area contributed by atoms with Gasteiger partial charge in [-0.2, -0.15) is 0 Å². The molecule has 12 heteroatoms. The highest BCUT2D eigenvalue weighted by molar-refractivity contribution is 7.89. The molecule has 0 bridgehead atoms. The Morgan fingerprint density at radius 1 is 1.12 bits per heavy atom. The van der Waals surface area contributed by atoms with Crippen LogP contribution < -0.4 is 10.0 Å². The first kappa shape index (κ1) is 31.1. The van der Waals surface area contributed by atoms with Gasteiger partial charge < -0.3 is 15.0 Å². The van der Waals surface area contributed by atoms with Gasteiger partial charge in [-0.15, -0.1) is 0 Å². The number of aliphatic carboxylic acids is 1. The van der Waals surface area contributed by atoms with Gasteiger partial charge in [-0.05, 0) is 77.5 Å². The van der Waals surface area contributed by atoms with Crippen LogP contribution in [0.15, 0.2) is 23.1 Å². The van der Waals surface area contributed by atoms with Gasteiger partial charge in [0.25, 0.3) is 12.3 Å². The van der Waals surface area contributed by atoms with E-state index < -0.39 is 56.1 Å². The molecule has 2 aromatic rings. The standard InChI is InChI=1S/C29H38F3N3O5S/c1-16-21(27(36)33-19-12-18(13-19)28(37)38)14-22(35(16)15-17-8-6-5-7-9-17)20-10-11-23(24(25(20)30)26(31)32)41(39,40)34-29(2,3)4/h10-11,14,17-19,26,34H,5-9,12-13,15H2,1-4H3,(H,33,36)(H,37,38). The number of halogens is 3. The molecule has 8 nitrogen and oxygen atoms in total. The van der Waals surface area contributed by atoms with Crippen molar-refractivity contribution in [2.45, 2.75) is 102 Å². The lowest BCUT2D eigenvalue weighted by Crippen LogP contribution is -2.46. The van der Waals surface area contributed by atoms with Crippen molar-refractivity contribution in [3.8, 4) is 11.3 Å². The number of rotatable bonds is 9. The largest absolute Gasteiger partial charge is 0.481 e. The van der Waals surface area contributed by atoms with Crippen LogP contribution in [0.5, 0.6) is 0 Å². The maximum Gasteiger partial charge on any atom is 0.306 e. The Morgan fingerprint density at radius 3 is 2.32 bits per heavy atom. The minimum Gasteiger partial charge on any atom is -0.481 e. The third-order valence-electron chi connectivity index (χ3n) is 7.96. The molecule has 226 valence electrons. The van der Waals surface area contributed by atoms with Crippen molar-refractivity contribution in [3.05, 3.63) is 40.8 Å². The van der Waals surface area contributed by atoms with Crippen molar-refractivity contribution in [2.75, 3.05) is 0 Å². The quantitative estimate of drug-likeness (QED) is 0.338. The Morgan fingerprint density at radius 2 is 1.76 bits per heavy atom. The van der Waals surface area contributed by atoms with E-state index in [1.165, 1.54) is 12.1 Å². The predicted octanol–water partition coefficient (Wildman–Crippen LogP) is 5.79.